The molecule has 94 valence electrons. The first-order chi connectivity index (χ1) is 7.34. The number of thiol groups is 1. The maximum atomic E-state index is 13.0. The van der Waals surface area contributed by atoms with E-state index in [9.17, 15) is 4.48 Å². The number of rotatable bonds is 3. The van der Waals surface area contributed by atoms with E-state index >= 15 is 0 Å². The van der Waals surface area contributed by atoms with E-state index in [4.69, 9.17) is 0 Å². The van der Waals surface area contributed by atoms with Gasteiger partial charge in [-0.15, -0.1) is 4.53 Å². The molecule has 1 rings (SSSR count). The lowest BCUT2D eigenvalue weighted by molar-refractivity contribution is 0.110. The Labute approximate surface area is 103 Å². The van der Waals surface area contributed by atoms with Gasteiger partial charge < -0.3 is 4.90 Å². The second-order valence-corrected chi connectivity index (χ2v) is 5.08. The standard InChI is InChI=1S/C10H21FN4S/c1-7(2)14-9(8(3)13(4)5)6-10(12-14)15(11)16/h7-9,16H,6H2,1-5H3. The molecule has 1 heterocycles. The number of halogens is 1. The summed E-state index contributed by atoms with van der Waals surface area (Å²) in [4.78, 5) is 2.12. The predicted octanol–water partition coefficient (Wildman–Crippen LogP) is 1.76. The van der Waals surface area contributed by atoms with Crippen LogP contribution < -0.4 is 0 Å². The van der Waals surface area contributed by atoms with Gasteiger partial charge in [-0.1, -0.05) is 4.48 Å². The maximum absolute atomic E-state index is 13.0. The zero-order valence-corrected chi connectivity index (χ0v) is 11.4. The van der Waals surface area contributed by atoms with Crippen LogP contribution in [0.1, 0.15) is 27.2 Å². The predicted molar refractivity (Wildman–Crippen MR) is 67.9 cm³/mol. The van der Waals surface area contributed by atoms with Crippen molar-refractivity contribution in [3.63, 3.8) is 0 Å². The van der Waals surface area contributed by atoms with E-state index < -0.39 is 0 Å². The molecule has 16 heavy (non-hydrogen) atoms. The molecule has 0 spiro atoms. The van der Waals surface area contributed by atoms with Crippen LogP contribution in [0.25, 0.3) is 0 Å². The second kappa shape index (κ2) is 5.23. The topological polar surface area (TPSA) is 22.1 Å². The molecule has 0 aliphatic carbocycles. The van der Waals surface area contributed by atoms with Gasteiger partial charge in [-0.3, -0.25) is 5.01 Å². The normalized spacial score (nSPS) is 22.9. The van der Waals surface area contributed by atoms with Crippen molar-refractivity contribution in [1.29, 1.82) is 0 Å². The number of hydrogen-bond acceptors (Lipinski definition) is 5. The Morgan fingerprint density at radius 2 is 2.00 bits per heavy atom. The van der Waals surface area contributed by atoms with Crippen LogP contribution >= 0.6 is 12.8 Å². The summed E-state index contributed by atoms with van der Waals surface area (Å²) in [5, 5.41) is 6.23. The average molecular weight is 248 g/mol. The van der Waals surface area contributed by atoms with Gasteiger partial charge in [-0.05, 0) is 47.7 Å². The summed E-state index contributed by atoms with van der Waals surface area (Å²) in [6, 6.07) is 0.783. The van der Waals surface area contributed by atoms with Crippen LogP contribution in [0.3, 0.4) is 0 Å². The molecular formula is C10H21FN4S. The minimum atomic E-state index is 0.204. The van der Waals surface area contributed by atoms with Crippen molar-refractivity contribution in [1.82, 2.24) is 14.4 Å². The van der Waals surface area contributed by atoms with Gasteiger partial charge in [0.2, 0.25) is 0 Å². The summed E-state index contributed by atoms with van der Waals surface area (Å²) in [7, 11) is 4.05. The van der Waals surface area contributed by atoms with Crippen LogP contribution in [-0.2, 0) is 0 Å². The van der Waals surface area contributed by atoms with Crippen LogP contribution in [0.4, 0.5) is 4.48 Å². The monoisotopic (exact) mass is 248 g/mol. The summed E-state index contributed by atoms with van der Waals surface area (Å²) < 4.78 is 13.3. The number of likely N-dealkylation sites (N-methyl/N-ethyl adjacent to an activating group) is 1. The van der Waals surface area contributed by atoms with Crippen molar-refractivity contribution in [3.05, 3.63) is 0 Å². The van der Waals surface area contributed by atoms with Gasteiger partial charge in [0, 0.05) is 18.5 Å². The van der Waals surface area contributed by atoms with E-state index in [1.807, 2.05) is 19.1 Å². The molecule has 0 amide bonds. The Morgan fingerprint density at radius 3 is 2.38 bits per heavy atom. The summed E-state index contributed by atoms with van der Waals surface area (Å²) >= 11 is 3.66. The van der Waals surface area contributed by atoms with E-state index in [-0.39, 0.29) is 12.1 Å². The Bertz CT molecular complexity index is 268. The molecule has 0 aromatic heterocycles. The van der Waals surface area contributed by atoms with Gasteiger partial charge >= 0.3 is 0 Å². The third kappa shape index (κ3) is 2.79. The summed E-state index contributed by atoms with van der Waals surface area (Å²) in [5.74, 6) is 0.385. The molecule has 2 unspecified atom stereocenters. The highest BCUT2D eigenvalue weighted by Crippen LogP contribution is 2.25. The van der Waals surface area contributed by atoms with Crippen LogP contribution in [-0.4, -0.2) is 52.5 Å². The number of hydrazone groups is 1. The third-order valence-corrected chi connectivity index (χ3v) is 3.31. The lowest BCUT2D eigenvalue weighted by Gasteiger charge is -2.34. The maximum Gasteiger partial charge on any atom is 0.168 e. The quantitative estimate of drug-likeness (QED) is 0.608. The van der Waals surface area contributed by atoms with Gasteiger partial charge in [0.25, 0.3) is 0 Å². The minimum absolute atomic E-state index is 0.204. The fourth-order valence-electron chi connectivity index (χ4n) is 1.88. The summed E-state index contributed by atoms with van der Waals surface area (Å²) in [6.45, 7) is 6.24. The van der Waals surface area contributed by atoms with Crippen molar-refractivity contribution >= 4 is 18.7 Å². The SMILES string of the molecule is CC(C1CC(N(F)S)=NN1C(C)C)N(C)C. The number of hydrogen-bond donors (Lipinski definition) is 1. The first kappa shape index (κ1) is 13.6. The van der Waals surface area contributed by atoms with Crippen LogP contribution in [0.15, 0.2) is 5.10 Å². The fraction of sp³-hybridized carbons (Fsp3) is 0.900. The molecule has 0 saturated carbocycles. The smallest absolute Gasteiger partial charge is 0.168 e. The highest BCUT2D eigenvalue weighted by atomic mass is 32.1. The zero-order chi connectivity index (χ0) is 12.5. The van der Waals surface area contributed by atoms with Gasteiger partial charge in [0.1, 0.15) is 0 Å². The molecular weight excluding hydrogens is 227 g/mol. The molecule has 1 aliphatic rings. The molecule has 0 aromatic rings. The molecule has 2 atom stereocenters. The Morgan fingerprint density at radius 1 is 1.44 bits per heavy atom. The average Bonchev–Trinajstić information content (AvgIpc) is 2.60. The Hall–Kier alpha value is -0.490. The first-order valence-corrected chi connectivity index (χ1v) is 5.91. The van der Waals surface area contributed by atoms with Crippen molar-refractivity contribution in [2.24, 2.45) is 5.10 Å². The molecule has 4 nitrogen and oxygen atoms in total. The van der Waals surface area contributed by atoms with E-state index in [0.29, 0.717) is 22.8 Å². The summed E-state index contributed by atoms with van der Waals surface area (Å²) in [5.41, 5.74) is 0. The van der Waals surface area contributed by atoms with E-state index in [1.165, 1.54) is 0 Å². The van der Waals surface area contributed by atoms with Crippen molar-refractivity contribution < 1.29 is 4.48 Å². The van der Waals surface area contributed by atoms with Crippen LogP contribution in [0, 0.1) is 0 Å². The molecule has 0 saturated heterocycles. The van der Waals surface area contributed by atoms with Gasteiger partial charge in [-0.2, -0.15) is 5.10 Å². The number of nitrogens with zero attached hydrogens (tertiary/aromatic N) is 4. The molecule has 0 bridgehead atoms. The number of amidine groups is 1. The van der Waals surface area contributed by atoms with Crippen LogP contribution in [0.2, 0.25) is 0 Å². The Balaban J connectivity index is 2.81. The third-order valence-electron chi connectivity index (χ3n) is 3.08. The molecule has 0 radical (unpaired) electrons. The van der Waals surface area contributed by atoms with Crippen molar-refractivity contribution in [3.8, 4) is 0 Å². The largest absolute Gasteiger partial charge is 0.305 e. The second-order valence-electron chi connectivity index (χ2n) is 4.73. The van der Waals surface area contributed by atoms with E-state index in [0.717, 1.165) is 0 Å². The lowest BCUT2D eigenvalue weighted by atomic mass is 10.0. The first-order valence-electron chi connectivity index (χ1n) is 5.51. The molecule has 0 aromatic carbocycles. The Kier molecular flexibility index (Phi) is 4.43. The molecule has 1 aliphatic heterocycles. The highest BCUT2D eigenvalue weighted by Gasteiger charge is 2.35. The van der Waals surface area contributed by atoms with E-state index in [2.05, 4.69) is 43.6 Å². The highest BCUT2D eigenvalue weighted by molar-refractivity contribution is 7.78. The van der Waals surface area contributed by atoms with Gasteiger partial charge in [-0.25, -0.2) is 0 Å². The van der Waals surface area contributed by atoms with Gasteiger partial charge in [0.05, 0.1) is 6.04 Å². The molecule has 6 heteroatoms. The van der Waals surface area contributed by atoms with Crippen LogP contribution in [0.5, 0.6) is 0 Å². The minimum Gasteiger partial charge on any atom is -0.305 e. The lowest BCUT2D eigenvalue weighted by Crippen LogP contribution is -2.46. The fourth-order valence-corrected chi connectivity index (χ4v) is 2.00. The van der Waals surface area contributed by atoms with Crippen molar-refractivity contribution in [2.75, 3.05) is 14.1 Å². The molecule has 0 N–H and O–H groups in total. The molecule has 0 fully saturated rings. The van der Waals surface area contributed by atoms with Gasteiger partial charge in [0.15, 0.2) is 5.84 Å². The van der Waals surface area contributed by atoms with Crippen molar-refractivity contribution in [2.45, 2.75) is 45.3 Å². The summed E-state index contributed by atoms with van der Waals surface area (Å²) in [6.07, 6.45) is 0.595. The zero-order valence-electron chi connectivity index (χ0n) is 10.6. The van der Waals surface area contributed by atoms with E-state index in [1.54, 1.807) is 0 Å².